The zero-order chi connectivity index (χ0) is 18.3. The fourth-order valence-electron chi connectivity index (χ4n) is 2.69. The van der Waals surface area contributed by atoms with Gasteiger partial charge in [-0.05, 0) is 22.5 Å². The van der Waals surface area contributed by atoms with Crippen molar-refractivity contribution in [2.45, 2.75) is 19.8 Å². The maximum atomic E-state index is 12.5. The van der Waals surface area contributed by atoms with E-state index in [4.69, 9.17) is 9.15 Å². The minimum Gasteiger partial charge on any atom is -0.497 e. The molecule has 0 saturated heterocycles. The fourth-order valence-corrected chi connectivity index (χ4v) is 2.69. The van der Waals surface area contributed by atoms with Gasteiger partial charge in [0, 0.05) is 6.07 Å². The molecule has 3 rings (SSSR count). The lowest BCUT2D eigenvalue weighted by Crippen LogP contribution is -2.08. The van der Waals surface area contributed by atoms with E-state index in [-0.39, 0.29) is 23.2 Å². The molecule has 130 valence electrons. The lowest BCUT2D eigenvalue weighted by Gasteiger charge is -2.11. The van der Waals surface area contributed by atoms with Crippen LogP contribution < -0.4 is 10.4 Å². The SMILES string of the molecule is COc1cc(C(C)C)c2c(=O)oc(-c3cnn(C)c3[N+](=O)[O-])nc2c1. The number of aromatic nitrogens is 3. The molecule has 2 aromatic heterocycles. The molecule has 0 aliphatic carbocycles. The number of hydrogen-bond acceptors (Lipinski definition) is 7. The third-order valence-electron chi connectivity index (χ3n) is 3.91. The van der Waals surface area contributed by atoms with Crippen molar-refractivity contribution in [3.8, 4) is 17.2 Å². The Hall–Kier alpha value is -3.23. The maximum absolute atomic E-state index is 12.5. The number of nitrogens with zero attached hydrogens (tertiary/aromatic N) is 4. The van der Waals surface area contributed by atoms with Gasteiger partial charge in [0.25, 0.3) is 0 Å². The molecule has 0 aliphatic heterocycles. The quantitative estimate of drug-likeness (QED) is 0.528. The second-order valence-corrected chi connectivity index (χ2v) is 5.83. The molecule has 0 amide bonds. The Bertz CT molecular complexity index is 1030. The lowest BCUT2D eigenvalue weighted by molar-refractivity contribution is -0.391. The van der Waals surface area contributed by atoms with Crippen molar-refractivity contribution >= 4 is 16.7 Å². The maximum Gasteiger partial charge on any atom is 0.357 e. The first kappa shape index (κ1) is 16.6. The first-order valence-electron chi connectivity index (χ1n) is 7.53. The summed E-state index contributed by atoms with van der Waals surface area (Å²) in [6, 6.07) is 3.36. The second-order valence-electron chi connectivity index (χ2n) is 5.83. The van der Waals surface area contributed by atoms with E-state index in [1.807, 2.05) is 13.8 Å². The van der Waals surface area contributed by atoms with Crippen molar-refractivity contribution in [1.82, 2.24) is 14.8 Å². The van der Waals surface area contributed by atoms with Crippen LogP contribution in [0.3, 0.4) is 0 Å². The van der Waals surface area contributed by atoms with E-state index >= 15 is 0 Å². The summed E-state index contributed by atoms with van der Waals surface area (Å²) in [7, 11) is 2.95. The van der Waals surface area contributed by atoms with Crippen molar-refractivity contribution in [1.29, 1.82) is 0 Å². The van der Waals surface area contributed by atoms with Gasteiger partial charge in [-0.3, -0.25) is 0 Å². The summed E-state index contributed by atoms with van der Waals surface area (Å²) in [5.74, 6) is 0.129. The van der Waals surface area contributed by atoms with Crippen molar-refractivity contribution < 1.29 is 14.1 Å². The molecule has 9 heteroatoms. The van der Waals surface area contributed by atoms with E-state index in [0.29, 0.717) is 16.7 Å². The molecule has 25 heavy (non-hydrogen) atoms. The number of aryl methyl sites for hydroxylation is 1. The highest BCUT2D eigenvalue weighted by Crippen LogP contribution is 2.31. The average molecular weight is 344 g/mol. The van der Waals surface area contributed by atoms with E-state index in [9.17, 15) is 14.9 Å². The standard InChI is InChI=1S/C16H16N4O5/c1-8(2)10-5-9(24-4)6-12-13(10)16(21)25-14(18-12)11-7-17-19(3)15(11)20(22)23/h5-8H,1-4H3. The zero-order valence-electron chi connectivity index (χ0n) is 14.1. The molecule has 0 unspecified atom stereocenters. The van der Waals surface area contributed by atoms with Gasteiger partial charge in [0.15, 0.2) is 5.56 Å². The van der Waals surface area contributed by atoms with Crippen LogP contribution >= 0.6 is 0 Å². The topological polar surface area (TPSA) is 113 Å². The molecule has 2 heterocycles. The predicted octanol–water partition coefficient (Wildman–Crippen LogP) is 2.63. The normalized spacial score (nSPS) is 11.2. The minimum absolute atomic E-state index is 0.0421. The Labute approximate surface area is 142 Å². The molecule has 9 nitrogen and oxygen atoms in total. The van der Waals surface area contributed by atoms with Gasteiger partial charge < -0.3 is 19.3 Å². The van der Waals surface area contributed by atoms with Crippen molar-refractivity contribution in [2.24, 2.45) is 7.05 Å². The molecule has 0 bridgehead atoms. The molecular weight excluding hydrogens is 328 g/mol. The number of rotatable bonds is 4. The molecule has 0 aliphatic rings. The first-order chi connectivity index (χ1) is 11.8. The van der Waals surface area contributed by atoms with Crippen LogP contribution in [0.25, 0.3) is 22.4 Å². The molecule has 3 aromatic rings. The number of benzene rings is 1. The third-order valence-corrected chi connectivity index (χ3v) is 3.91. The van der Waals surface area contributed by atoms with Crippen LogP contribution in [-0.4, -0.2) is 26.8 Å². The van der Waals surface area contributed by atoms with E-state index in [0.717, 1.165) is 10.2 Å². The summed E-state index contributed by atoms with van der Waals surface area (Å²) in [5.41, 5.74) is 0.528. The molecule has 0 saturated carbocycles. The van der Waals surface area contributed by atoms with Gasteiger partial charge in [0.05, 0.1) is 24.2 Å². The Morgan fingerprint density at radius 2 is 2.08 bits per heavy atom. The van der Waals surface area contributed by atoms with E-state index in [1.165, 1.54) is 20.4 Å². The van der Waals surface area contributed by atoms with Crippen LogP contribution in [0.15, 0.2) is 27.5 Å². The van der Waals surface area contributed by atoms with E-state index in [1.54, 1.807) is 12.1 Å². The summed E-state index contributed by atoms with van der Waals surface area (Å²) < 4.78 is 11.6. The van der Waals surface area contributed by atoms with Gasteiger partial charge in [-0.15, -0.1) is 4.68 Å². The molecular formula is C16H16N4O5. The van der Waals surface area contributed by atoms with Gasteiger partial charge in [-0.2, -0.15) is 0 Å². The Balaban J connectivity index is 2.34. The number of ether oxygens (including phenoxy) is 1. The van der Waals surface area contributed by atoms with Gasteiger partial charge in [-0.1, -0.05) is 18.9 Å². The highest BCUT2D eigenvalue weighted by atomic mass is 16.6. The van der Waals surface area contributed by atoms with Gasteiger partial charge in [0.1, 0.15) is 12.8 Å². The number of methoxy groups -OCH3 is 1. The molecule has 0 fully saturated rings. The van der Waals surface area contributed by atoms with Gasteiger partial charge in [-0.25, -0.2) is 9.78 Å². The van der Waals surface area contributed by atoms with Crippen LogP contribution in [0, 0.1) is 10.1 Å². The number of fused-ring (bicyclic) bond motifs is 1. The lowest BCUT2D eigenvalue weighted by atomic mass is 9.98. The monoisotopic (exact) mass is 344 g/mol. The summed E-state index contributed by atoms with van der Waals surface area (Å²) >= 11 is 0. The molecule has 0 spiro atoms. The van der Waals surface area contributed by atoms with Crippen LogP contribution in [0.4, 0.5) is 5.82 Å². The Kier molecular flexibility index (Phi) is 3.99. The highest BCUT2D eigenvalue weighted by Gasteiger charge is 2.25. The molecule has 0 N–H and O–H groups in total. The predicted molar refractivity (Wildman–Crippen MR) is 89.8 cm³/mol. The third kappa shape index (κ3) is 2.73. The number of nitro groups is 1. The second kappa shape index (κ2) is 6.00. The molecule has 0 atom stereocenters. The largest absolute Gasteiger partial charge is 0.497 e. The van der Waals surface area contributed by atoms with Crippen LogP contribution in [-0.2, 0) is 7.05 Å². The van der Waals surface area contributed by atoms with Crippen LogP contribution in [0.5, 0.6) is 5.75 Å². The Morgan fingerprint density at radius 3 is 2.68 bits per heavy atom. The average Bonchev–Trinajstić information content (AvgIpc) is 2.95. The summed E-state index contributed by atoms with van der Waals surface area (Å²) in [6.07, 6.45) is 1.25. The summed E-state index contributed by atoms with van der Waals surface area (Å²) in [6.45, 7) is 3.88. The summed E-state index contributed by atoms with van der Waals surface area (Å²) in [5, 5.41) is 15.4. The molecule has 0 radical (unpaired) electrons. The van der Waals surface area contributed by atoms with Crippen LogP contribution in [0.1, 0.15) is 25.3 Å². The van der Waals surface area contributed by atoms with Gasteiger partial charge in [0.2, 0.25) is 5.89 Å². The Morgan fingerprint density at radius 1 is 1.36 bits per heavy atom. The highest BCUT2D eigenvalue weighted by molar-refractivity contribution is 5.84. The zero-order valence-corrected chi connectivity index (χ0v) is 14.1. The van der Waals surface area contributed by atoms with Gasteiger partial charge >= 0.3 is 11.4 Å². The number of hydrogen-bond donors (Lipinski definition) is 0. The van der Waals surface area contributed by atoms with Crippen molar-refractivity contribution in [2.75, 3.05) is 7.11 Å². The minimum atomic E-state index is -0.607. The van der Waals surface area contributed by atoms with E-state index in [2.05, 4.69) is 10.1 Å². The van der Waals surface area contributed by atoms with E-state index < -0.39 is 10.5 Å². The van der Waals surface area contributed by atoms with Crippen molar-refractivity contribution in [3.05, 3.63) is 44.4 Å². The molecule has 1 aromatic carbocycles. The summed E-state index contributed by atoms with van der Waals surface area (Å²) in [4.78, 5) is 27.5. The fraction of sp³-hybridized carbons (Fsp3) is 0.312. The van der Waals surface area contributed by atoms with Crippen LogP contribution in [0.2, 0.25) is 0 Å². The smallest absolute Gasteiger partial charge is 0.357 e. The van der Waals surface area contributed by atoms with Crippen molar-refractivity contribution in [3.63, 3.8) is 0 Å². The first-order valence-corrected chi connectivity index (χ1v) is 7.53.